The van der Waals surface area contributed by atoms with Crippen LogP contribution in [0.5, 0.6) is 11.5 Å². The summed E-state index contributed by atoms with van der Waals surface area (Å²) in [5.41, 5.74) is 11.8. The minimum Gasteiger partial charge on any atom is -0.497 e. The monoisotopic (exact) mass is 1000 g/mol. The van der Waals surface area contributed by atoms with Crippen molar-refractivity contribution in [2.45, 2.75) is 99.0 Å². The number of imide groups is 1. The van der Waals surface area contributed by atoms with E-state index in [0.29, 0.717) is 11.5 Å². The lowest BCUT2D eigenvalue weighted by Crippen LogP contribution is -2.68. The maximum atomic E-state index is 14.5. The molecule has 376 valence electrons. The van der Waals surface area contributed by atoms with Gasteiger partial charge in [-0.2, -0.15) is 0 Å². The lowest BCUT2D eigenvalue weighted by molar-refractivity contribution is -0.320. The Hall–Kier alpha value is -6.80. The van der Waals surface area contributed by atoms with Gasteiger partial charge in [-0.3, -0.25) is 24.1 Å². The van der Waals surface area contributed by atoms with E-state index >= 15 is 0 Å². The molecule has 0 bridgehead atoms. The van der Waals surface area contributed by atoms with E-state index < -0.39 is 84.2 Å². The second kappa shape index (κ2) is 24.6. The average Bonchev–Trinajstić information content (AvgIpc) is 3.64. The van der Waals surface area contributed by atoms with Crippen molar-refractivity contribution in [3.05, 3.63) is 172 Å². The molecule has 18 nitrogen and oxygen atoms in total. The second-order valence-corrected chi connectivity index (χ2v) is 18.1. The molecule has 0 radical (unpaired) electrons. The average molecular weight is 1000 g/mol. The van der Waals surface area contributed by atoms with Crippen LogP contribution in [0.4, 0.5) is 0 Å². The number of ether oxygens (including phenoxy) is 10. The number of carbonyl (C=O) groups excluding carboxylic acids is 4. The Bertz CT molecular complexity index is 2640. The van der Waals surface area contributed by atoms with E-state index in [1.807, 2.05) is 84.9 Å². The number of methoxy groups -OCH3 is 2. The molecule has 0 unspecified atom stereocenters. The third-order valence-corrected chi connectivity index (χ3v) is 13.3. The molecule has 5 aromatic carbocycles. The van der Waals surface area contributed by atoms with Crippen molar-refractivity contribution in [2.24, 2.45) is 5.11 Å². The molecule has 3 aliphatic rings. The number of fused-ring (bicyclic) bond motifs is 1. The third-order valence-electron chi connectivity index (χ3n) is 12.2. The molecule has 10 atom stereocenters. The predicted molar refractivity (Wildman–Crippen MR) is 260 cm³/mol. The van der Waals surface area contributed by atoms with E-state index in [1.54, 1.807) is 62.8 Å². The van der Waals surface area contributed by atoms with Gasteiger partial charge in [-0.25, -0.2) is 0 Å². The van der Waals surface area contributed by atoms with Crippen molar-refractivity contribution in [1.29, 1.82) is 0 Å². The summed E-state index contributed by atoms with van der Waals surface area (Å²) in [4.78, 5) is 60.0. The Kier molecular flexibility index (Phi) is 17.6. The normalized spacial score (nSPS) is 24.7. The van der Waals surface area contributed by atoms with Gasteiger partial charge in [-0.05, 0) is 70.8 Å². The van der Waals surface area contributed by atoms with Crippen LogP contribution in [0.3, 0.4) is 0 Å². The number of hydrogen-bond donors (Lipinski definition) is 0. The number of hydrogen-bond acceptors (Lipinski definition) is 16. The molecular formula is C53H54N4O14S. The molecule has 0 aromatic heterocycles. The van der Waals surface area contributed by atoms with Crippen molar-refractivity contribution in [2.75, 3.05) is 27.4 Å². The number of carbonyl (C=O) groups is 4. The van der Waals surface area contributed by atoms with Crippen LogP contribution < -0.4 is 9.47 Å². The van der Waals surface area contributed by atoms with Gasteiger partial charge in [-0.15, -0.1) is 0 Å². The molecule has 2 amide bonds. The van der Waals surface area contributed by atoms with E-state index in [2.05, 4.69) is 10.0 Å². The lowest BCUT2D eigenvalue weighted by Gasteiger charge is -2.50. The van der Waals surface area contributed by atoms with Crippen molar-refractivity contribution in [3.8, 4) is 11.5 Å². The Morgan fingerprint density at radius 3 is 1.75 bits per heavy atom. The fourth-order valence-corrected chi connectivity index (χ4v) is 9.96. The summed E-state index contributed by atoms with van der Waals surface area (Å²) in [6.07, 6.45) is -8.92. The largest absolute Gasteiger partial charge is 0.497 e. The van der Waals surface area contributed by atoms with Crippen LogP contribution in [0.15, 0.2) is 143 Å². The maximum Gasteiger partial charge on any atom is 0.303 e. The standard InChI is InChI=1S/C53H54N4O14S/c1-32(58)65-31-43-46(66-29-36-21-25-38(63-4)26-22-36)48(67-28-34-13-7-5-8-14-34)44(55-56-54)52(69-43)71-47-42(30-64-27-35-19-23-37(62-3)24-20-35)70-53(72-39-15-9-6-10-16-39)45(49(47)68-33(2)59)57-50(60)40-17-11-12-18-41(40)51(57)61/h5-26,42-49,52-53H,27-31H2,1-4H3/t42-,43-,44-,45-,46-,47-,48-,49-,52+,53+/m1/s1. The van der Waals surface area contributed by atoms with Crippen molar-refractivity contribution >= 4 is 35.5 Å². The van der Waals surface area contributed by atoms with Gasteiger partial charge in [0.2, 0.25) is 0 Å². The SMILES string of the molecule is COc1ccc(COC[C@H]2O[C@@H](Sc3ccccc3)[C@H](N3C(=O)c4ccccc4C3=O)[C@@H](OC(C)=O)[C@@H]2O[C@@H]2O[C@H](COC(C)=O)[C@@H](OCc3ccc(OC)cc3)[C@H](OCc3ccccc3)[C@H]2N=[N+]=[N-])cc1. The highest BCUT2D eigenvalue weighted by atomic mass is 32.2. The molecule has 2 saturated heterocycles. The smallest absolute Gasteiger partial charge is 0.303 e. The minimum absolute atomic E-state index is 0.0169. The molecule has 19 heteroatoms. The molecule has 3 aliphatic heterocycles. The topological polar surface area (TPSA) is 213 Å². The molecule has 0 aliphatic carbocycles. The summed E-state index contributed by atoms with van der Waals surface area (Å²) in [6.45, 7) is 2.05. The van der Waals surface area contributed by atoms with Crippen molar-refractivity contribution in [3.63, 3.8) is 0 Å². The molecule has 0 spiro atoms. The number of amides is 2. The van der Waals surface area contributed by atoms with E-state index in [1.165, 1.54) is 25.6 Å². The highest BCUT2D eigenvalue weighted by molar-refractivity contribution is 7.99. The summed E-state index contributed by atoms with van der Waals surface area (Å²) in [7, 11) is 3.13. The second-order valence-electron chi connectivity index (χ2n) is 17.0. The molecule has 72 heavy (non-hydrogen) atoms. The van der Waals surface area contributed by atoms with E-state index in [9.17, 15) is 24.7 Å². The highest BCUT2D eigenvalue weighted by Crippen LogP contribution is 2.43. The summed E-state index contributed by atoms with van der Waals surface area (Å²) in [5.74, 6) is -1.36. The Balaban J connectivity index is 1.21. The number of thioether (sulfide) groups is 1. The number of esters is 2. The summed E-state index contributed by atoms with van der Waals surface area (Å²) in [5, 5.41) is 4.22. The van der Waals surface area contributed by atoms with Gasteiger partial charge in [0.05, 0.1) is 51.8 Å². The maximum absolute atomic E-state index is 14.5. The zero-order chi connectivity index (χ0) is 50.6. The fourth-order valence-electron chi connectivity index (χ4n) is 8.76. The highest BCUT2D eigenvalue weighted by Gasteiger charge is 2.58. The van der Waals surface area contributed by atoms with Crippen LogP contribution >= 0.6 is 11.8 Å². The van der Waals surface area contributed by atoms with Gasteiger partial charge < -0.3 is 47.4 Å². The van der Waals surface area contributed by atoms with Gasteiger partial charge >= 0.3 is 11.9 Å². The van der Waals surface area contributed by atoms with Crippen LogP contribution in [0.2, 0.25) is 0 Å². The van der Waals surface area contributed by atoms with Gasteiger partial charge in [0.25, 0.3) is 11.8 Å². The number of rotatable bonds is 21. The zero-order valence-electron chi connectivity index (χ0n) is 39.9. The van der Waals surface area contributed by atoms with Crippen molar-refractivity contribution in [1.82, 2.24) is 4.90 Å². The first-order valence-corrected chi connectivity index (χ1v) is 24.0. The first-order valence-electron chi connectivity index (χ1n) is 23.2. The fraction of sp³-hybridized carbons (Fsp3) is 0.358. The van der Waals surface area contributed by atoms with Gasteiger partial charge in [-0.1, -0.05) is 102 Å². The van der Waals surface area contributed by atoms with Crippen molar-refractivity contribution < 1.29 is 66.5 Å². The van der Waals surface area contributed by atoms with E-state index in [4.69, 9.17) is 47.4 Å². The summed E-state index contributed by atoms with van der Waals surface area (Å²) >= 11 is 1.21. The Labute approximate surface area is 420 Å². The number of benzene rings is 5. The van der Waals surface area contributed by atoms with Gasteiger partial charge in [0, 0.05) is 23.7 Å². The van der Waals surface area contributed by atoms with E-state index in [-0.39, 0.29) is 44.2 Å². The zero-order valence-corrected chi connectivity index (χ0v) is 40.7. The molecule has 8 rings (SSSR count). The molecule has 0 saturated carbocycles. The predicted octanol–water partition coefficient (Wildman–Crippen LogP) is 7.86. The molecule has 3 heterocycles. The van der Waals surface area contributed by atoms with E-state index in [0.717, 1.165) is 26.5 Å². The Morgan fingerprint density at radius 2 is 1.18 bits per heavy atom. The Morgan fingerprint density at radius 1 is 0.639 bits per heavy atom. The molecule has 0 N–H and O–H groups in total. The molecule has 5 aromatic rings. The van der Waals surface area contributed by atoms with Gasteiger partial charge in [0.1, 0.15) is 66.1 Å². The minimum atomic E-state index is -1.57. The summed E-state index contributed by atoms with van der Waals surface area (Å²) in [6, 6.07) is 36.7. The quantitative estimate of drug-likeness (QED) is 0.0225. The number of nitrogens with zero attached hydrogens (tertiary/aromatic N) is 4. The lowest BCUT2D eigenvalue weighted by atomic mass is 9.94. The first kappa shape index (κ1) is 51.6. The summed E-state index contributed by atoms with van der Waals surface area (Å²) < 4.78 is 62.8. The van der Waals surface area contributed by atoms with Crippen LogP contribution in [0.1, 0.15) is 51.3 Å². The number of azide groups is 1. The van der Waals surface area contributed by atoms with Crippen LogP contribution in [0, 0.1) is 0 Å². The van der Waals surface area contributed by atoms with Crippen LogP contribution in [-0.4, -0.2) is 117 Å². The van der Waals surface area contributed by atoms with Crippen LogP contribution in [-0.2, 0) is 67.3 Å². The third kappa shape index (κ3) is 12.4. The van der Waals surface area contributed by atoms with Crippen LogP contribution in [0.25, 0.3) is 10.4 Å². The molecular weight excluding hydrogens is 949 g/mol. The first-order chi connectivity index (χ1) is 35.0. The van der Waals surface area contributed by atoms with Gasteiger partial charge in [0.15, 0.2) is 12.4 Å². The molecule has 2 fully saturated rings.